The molecule has 0 radical (unpaired) electrons. The van der Waals surface area contributed by atoms with Crippen LogP contribution >= 0.6 is 12.4 Å². The van der Waals surface area contributed by atoms with Gasteiger partial charge in [-0.1, -0.05) is 0 Å². The van der Waals surface area contributed by atoms with E-state index >= 15 is 0 Å². The molecule has 0 spiro atoms. The number of halogens is 1. The number of methoxy groups -OCH3 is 1. The van der Waals surface area contributed by atoms with Gasteiger partial charge in [-0.25, -0.2) is 13.2 Å². The predicted octanol–water partition coefficient (Wildman–Crippen LogP) is 0.156. The Morgan fingerprint density at radius 1 is 1.33 bits per heavy atom. The van der Waals surface area contributed by atoms with Crippen molar-refractivity contribution in [3.63, 3.8) is 0 Å². The Kier molecular flexibility index (Phi) is 6.27. The van der Waals surface area contributed by atoms with E-state index in [2.05, 4.69) is 15.0 Å². The lowest BCUT2D eigenvalue weighted by molar-refractivity contribution is 0.0600. The van der Waals surface area contributed by atoms with Crippen LogP contribution in [0.4, 0.5) is 0 Å². The van der Waals surface area contributed by atoms with Crippen LogP contribution in [0, 0.1) is 0 Å². The number of hydrogen-bond donors (Lipinski definition) is 1. The minimum atomic E-state index is -3.71. The highest BCUT2D eigenvalue weighted by Crippen LogP contribution is 2.25. The van der Waals surface area contributed by atoms with Crippen molar-refractivity contribution in [3.05, 3.63) is 17.9 Å². The fourth-order valence-corrected chi connectivity index (χ4v) is 4.49. The second-order valence-electron chi connectivity index (χ2n) is 5.74. The molecule has 2 fully saturated rings. The van der Waals surface area contributed by atoms with Gasteiger partial charge in [-0.05, 0) is 6.42 Å². The van der Waals surface area contributed by atoms with Gasteiger partial charge in [-0.3, -0.25) is 4.90 Å². The summed E-state index contributed by atoms with van der Waals surface area (Å²) in [6.07, 6.45) is 1.92. The minimum absolute atomic E-state index is 0. The number of carbonyl (C=O) groups excluding carboxylic acids is 1. The van der Waals surface area contributed by atoms with E-state index in [0.717, 1.165) is 38.9 Å². The molecular weight excluding hydrogens is 358 g/mol. The second kappa shape index (κ2) is 7.83. The summed E-state index contributed by atoms with van der Waals surface area (Å²) in [6, 6.07) is 1.46. The van der Waals surface area contributed by atoms with Crippen LogP contribution in [-0.2, 0) is 14.8 Å². The number of piperazine rings is 1. The van der Waals surface area contributed by atoms with E-state index in [0.29, 0.717) is 13.1 Å². The summed E-state index contributed by atoms with van der Waals surface area (Å²) < 4.78 is 36.4. The van der Waals surface area contributed by atoms with E-state index in [-0.39, 0.29) is 29.1 Å². The summed E-state index contributed by atoms with van der Waals surface area (Å²) in [5.41, 5.74) is 0.101. The van der Waals surface area contributed by atoms with Crippen molar-refractivity contribution in [2.45, 2.75) is 17.6 Å². The van der Waals surface area contributed by atoms with Crippen LogP contribution in [0.25, 0.3) is 0 Å². The summed E-state index contributed by atoms with van der Waals surface area (Å²) in [5.74, 6) is -0.615. The normalized spacial score (nSPS) is 23.0. The van der Waals surface area contributed by atoms with Crippen molar-refractivity contribution in [1.29, 1.82) is 0 Å². The zero-order chi connectivity index (χ0) is 16.4. The van der Waals surface area contributed by atoms with Crippen LogP contribution in [-0.4, -0.2) is 76.0 Å². The van der Waals surface area contributed by atoms with Crippen molar-refractivity contribution in [2.24, 2.45) is 0 Å². The summed E-state index contributed by atoms with van der Waals surface area (Å²) >= 11 is 0. The highest BCUT2D eigenvalue weighted by Gasteiger charge is 2.37. The SMILES string of the molecule is COC(=O)c1coc(S(=O)(=O)N2CCC(N3CCNCC3)C2)c1.Cl. The van der Waals surface area contributed by atoms with Gasteiger partial charge >= 0.3 is 5.97 Å². The molecule has 24 heavy (non-hydrogen) atoms. The topological polar surface area (TPSA) is 92.1 Å². The third-order valence-corrected chi connectivity index (χ3v) is 6.12. The highest BCUT2D eigenvalue weighted by molar-refractivity contribution is 7.89. The van der Waals surface area contributed by atoms with E-state index in [1.54, 1.807) is 0 Å². The molecule has 8 nitrogen and oxygen atoms in total. The van der Waals surface area contributed by atoms with Crippen LogP contribution in [0.1, 0.15) is 16.8 Å². The van der Waals surface area contributed by atoms with Crippen LogP contribution in [0.5, 0.6) is 0 Å². The van der Waals surface area contributed by atoms with E-state index < -0.39 is 16.0 Å². The molecule has 0 aromatic carbocycles. The molecule has 1 aromatic rings. The summed E-state index contributed by atoms with van der Waals surface area (Å²) in [4.78, 5) is 13.8. The molecule has 0 saturated carbocycles. The summed E-state index contributed by atoms with van der Waals surface area (Å²) in [7, 11) is -2.48. The Morgan fingerprint density at radius 2 is 2.04 bits per heavy atom. The Bertz CT molecular complexity index is 672. The molecule has 2 aliphatic heterocycles. The first-order valence-electron chi connectivity index (χ1n) is 7.64. The third-order valence-electron chi connectivity index (χ3n) is 4.38. The first-order valence-corrected chi connectivity index (χ1v) is 9.08. The Balaban J connectivity index is 0.00000208. The van der Waals surface area contributed by atoms with Crippen LogP contribution in [0.2, 0.25) is 0 Å². The monoisotopic (exact) mass is 379 g/mol. The lowest BCUT2D eigenvalue weighted by Gasteiger charge is -2.32. The van der Waals surface area contributed by atoms with Gasteiger partial charge in [0.25, 0.3) is 10.0 Å². The number of esters is 1. The van der Waals surface area contributed by atoms with Crippen LogP contribution in [0.3, 0.4) is 0 Å². The predicted molar refractivity (Wildman–Crippen MR) is 88.9 cm³/mol. The van der Waals surface area contributed by atoms with Gasteiger partial charge in [0.05, 0.1) is 12.7 Å². The van der Waals surface area contributed by atoms with Gasteiger partial charge in [-0.15, -0.1) is 12.4 Å². The van der Waals surface area contributed by atoms with Crippen molar-refractivity contribution in [2.75, 3.05) is 46.4 Å². The van der Waals surface area contributed by atoms with E-state index in [9.17, 15) is 13.2 Å². The Morgan fingerprint density at radius 3 is 2.71 bits per heavy atom. The van der Waals surface area contributed by atoms with Crippen molar-refractivity contribution in [3.8, 4) is 0 Å². The molecule has 1 N–H and O–H groups in total. The van der Waals surface area contributed by atoms with E-state index in [4.69, 9.17) is 4.42 Å². The molecule has 0 amide bonds. The number of rotatable bonds is 4. The number of sulfonamides is 1. The molecule has 1 aromatic heterocycles. The minimum Gasteiger partial charge on any atom is -0.465 e. The lowest BCUT2D eigenvalue weighted by atomic mass is 10.2. The van der Waals surface area contributed by atoms with Crippen LogP contribution < -0.4 is 5.32 Å². The maximum atomic E-state index is 12.6. The molecule has 2 aliphatic rings. The maximum absolute atomic E-state index is 12.6. The van der Waals surface area contributed by atoms with Crippen molar-refractivity contribution < 1.29 is 22.4 Å². The highest BCUT2D eigenvalue weighted by atomic mass is 35.5. The molecule has 1 atom stereocenters. The average molecular weight is 380 g/mol. The van der Waals surface area contributed by atoms with Gasteiger partial charge in [-0.2, -0.15) is 4.31 Å². The molecule has 136 valence electrons. The average Bonchev–Trinajstić information content (AvgIpc) is 3.25. The van der Waals surface area contributed by atoms with Gasteiger partial charge in [0.15, 0.2) is 0 Å². The fourth-order valence-electron chi connectivity index (χ4n) is 3.08. The molecule has 0 aliphatic carbocycles. The number of carbonyl (C=O) groups is 1. The number of nitrogens with one attached hydrogen (secondary N) is 1. The van der Waals surface area contributed by atoms with Gasteiger partial charge < -0.3 is 14.5 Å². The van der Waals surface area contributed by atoms with Crippen molar-refractivity contribution >= 4 is 28.4 Å². The molecule has 10 heteroatoms. The number of ether oxygens (including phenoxy) is 1. The zero-order valence-electron chi connectivity index (χ0n) is 13.4. The third kappa shape index (κ3) is 3.75. The molecule has 3 heterocycles. The van der Waals surface area contributed by atoms with E-state index in [1.165, 1.54) is 17.5 Å². The Labute approximate surface area is 147 Å². The van der Waals surface area contributed by atoms with E-state index in [1.807, 2.05) is 0 Å². The van der Waals surface area contributed by atoms with Gasteiger partial charge in [0.2, 0.25) is 5.09 Å². The van der Waals surface area contributed by atoms with Crippen molar-refractivity contribution in [1.82, 2.24) is 14.5 Å². The fraction of sp³-hybridized carbons (Fsp3) is 0.643. The largest absolute Gasteiger partial charge is 0.465 e. The lowest BCUT2D eigenvalue weighted by Crippen LogP contribution is -2.49. The number of hydrogen-bond acceptors (Lipinski definition) is 7. The van der Waals surface area contributed by atoms with Gasteiger partial charge in [0.1, 0.15) is 6.26 Å². The first kappa shape index (κ1) is 19.2. The smallest absolute Gasteiger partial charge is 0.341 e. The summed E-state index contributed by atoms with van der Waals surface area (Å²) in [6.45, 7) is 4.66. The zero-order valence-corrected chi connectivity index (χ0v) is 15.1. The summed E-state index contributed by atoms with van der Waals surface area (Å²) in [5, 5.41) is 3.08. The molecule has 2 saturated heterocycles. The van der Waals surface area contributed by atoms with Gasteiger partial charge in [0, 0.05) is 51.4 Å². The molecule has 1 unspecified atom stereocenters. The molecular formula is C14H22ClN3O5S. The number of nitrogens with zero attached hydrogens (tertiary/aromatic N) is 2. The standard InChI is InChI=1S/C14H21N3O5S.ClH/c1-21-14(18)11-8-13(22-10-11)23(19,20)17-5-2-12(9-17)16-6-3-15-4-7-16;/h8,10,12,15H,2-7,9H2,1H3;1H. The second-order valence-corrected chi connectivity index (χ2v) is 7.61. The molecule has 0 bridgehead atoms. The Hall–Kier alpha value is -1.13. The quantitative estimate of drug-likeness (QED) is 0.745. The molecule has 3 rings (SSSR count). The first-order chi connectivity index (χ1) is 11.0. The maximum Gasteiger partial charge on any atom is 0.341 e. The number of furan rings is 1. The van der Waals surface area contributed by atoms with Crippen LogP contribution in [0.15, 0.2) is 21.8 Å².